The van der Waals surface area contributed by atoms with Gasteiger partial charge in [0, 0.05) is 17.9 Å². The molecule has 3 rings (SSSR count). The first kappa shape index (κ1) is 19.4. The average molecular weight is 398 g/mol. The Kier molecular flexibility index (Phi) is 5.60. The minimum atomic E-state index is -3.39. The molecule has 8 heteroatoms. The molecule has 0 saturated heterocycles. The highest BCUT2D eigenvalue weighted by molar-refractivity contribution is 7.90. The Balaban J connectivity index is 1.71. The molecule has 0 unspecified atom stereocenters. The monoisotopic (exact) mass is 398 g/mol. The molecule has 1 amide bonds. The lowest BCUT2D eigenvalue weighted by molar-refractivity contribution is 0.102. The second-order valence-electron chi connectivity index (χ2n) is 5.89. The molecule has 28 heavy (non-hydrogen) atoms. The number of hydrogen-bond acceptors (Lipinski definition) is 6. The number of rotatable bonds is 6. The van der Waals surface area contributed by atoms with Crippen LogP contribution in [0.25, 0.3) is 0 Å². The summed E-state index contributed by atoms with van der Waals surface area (Å²) in [7, 11) is -1.84. The van der Waals surface area contributed by atoms with Gasteiger partial charge in [0.25, 0.3) is 5.91 Å². The van der Waals surface area contributed by atoms with Gasteiger partial charge in [0.15, 0.2) is 21.3 Å². The third-order valence-corrected chi connectivity index (χ3v) is 4.91. The number of ether oxygens (including phenoxy) is 2. The first-order valence-electron chi connectivity index (χ1n) is 8.25. The second kappa shape index (κ2) is 8.10. The number of para-hydroxylation sites is 2. The van der Waals surface area contributed by atoms with Gasteiger partial charge in [-0.3, -0.25) is 4.79 Å². The highest BCUT2D eigenvalue weighted by Gasteiger charge is 2.12. The molecule has 0 bridgehead atoms. The fraction of sp³-hybridized carbons (Fsp3) is 0.100. The van der Waals surface area contributed by atoms with Crippen LogP contribution in [0.1, 0.15) is 10.4 Å². The van der Waals surface area contributed by atoms with Crippen LogP contribution in [0.2, 0.25) is 0 Å². The lowest BCUT2D eigenvalue weighted by Gasteiger charge is -2.10. The van der Waals surface area contributed by atoms with Crippen molar-refractivity contribution in [3.8, 4) is 17.4 Å². The van der Waals surface area contributed by atoms with E-state index in [0.717, 1.165) is 6.26 Å². The number of aromatic nitrogens is 1. The topological polar surface area (TPSA) is 94.6 Å². The molecule has 0 fully saturated rings. The van der Waals surface area contributed by atoms with E-state index in [1.165, 1.54) is 30.5 Å². The Labute approximate surface area is 162 Å². The number of carbonyl (C=O) groups excluding carboxylic acids is 1. The standard InChI is InChI=1S/C20H18N2O5S/c1-26-17-8-3-4-9-18(17)27-19-11-10-15(13-21-19)22-20(23)14-6-5-7-16(12-14)28(2,24)25/h3-13H,1-2H3,(H,22,23). The number of nitrogens with zero attached hydrogens (tertiary/aromatic N) is 1. The van der Waals surface area contributed by atoms with Crippen molar-refractivity contribution in [1.29, 1.82) is 0 Å². The molecule has 3 aromatic rings. The fourth-order valence-electron chi connectivity index (χ4n) is 2.40. The number of benzene rings is 2. The zero-order valence-electron chi connectivity index (χ0n) is 15.2. The van der Waals surface area contributed by atoms with Crippen LogP contribution < -0.4 is 14.8 Å². The van der Waals surface area contributed by atoms with Crippen molar-refractivity contribution in [1.82, 2.24) is 4.98 Å². The summed E-state index contributed by atoms with van der Waals surface area (Å²) in [6.45, 7) is 0. The predicted molar refractivity (Wildman–Crippen MR) is 105 cm³/mol. The van der Waals surface area contributed by atoms with Gasteiger partial charge < -0.3 is 14.8 Å². The summed E-state index contributed by atoms with van der Waals surface area (Å²) in [6.07, 6.45) is 2.54. The zero-order valence-corrected chi connectivity index (χ0v) is 16.1. The number of sulfone groups is 1. The van der Waals surface area contributed by atoms with Gasteiger partial charge in [0.05, 0.1) is 23.9 Å². The average Bonchev–Trinajstić information content (AvgIpc) is 2.69. The van der Waals surface area contributed by atoms with Crippen LogP contribution in [0.15, 0.2) is 71.8 Å². The van der Waals surface area contributed by atoms with Crippen molar-refractivity contribution < 1.29 is 22.7 Å². The lowest BCUT2D eigenvalue weighted by atomic mass is 10.2. The molecule has 0 spiro atoms. The van der Waals surface area contributed by atoms with Gasteiger partial charge in [-0.25, -0.2) is 13.4 Å². The minimum absolute atomic E-state index is 0.0823. The van der Waals surface area contributed by atoms with E-state index < -0.39 is 15.7 Å². The van der Waals surface area contributed by atoms with Crippen LogP contribution >= 0.6 is 0 Å². The maximum atomic E-state index is 12.4. The molecule has 0 aliphatic heterocycles. The Morgan fingerprint density at radius 2 is 1.75 bits per heavy atom. The Morgan fingerprint density at radius 1 is 1.00 bits per heavy atom. The van der Waals surface area contributed by atoms with E-state index in [1.54, 1.807) is 31.4 Å². The van der Waals surface area contributed by atoms with Crippen molar-refractivity contribution in [2.75, 3.05) is 18.7 Å². The maximum absolute atomic E-state index is 12.4. The van der Waals surface area contributed by atoms with Gasteiger partial charge >= 0.3 is 0 Å². The number of nitrogens with one attached hydrogen (secondary N) is 1. The third-order valence-electron chi connectivity index (χ3n) is 3.80. The lowest BCUT2D eigenvalue weighted by Crippen LogP contribution is -2.12. The van der Waals surface area contributed by atoms with Crippen LogP contribution in [-0.2, 0) is 9.84 Å². The summed E-state index contributed by atoms with van der Waals surface area (Å²) in [4.78, 5) is 16.6. The van der Waals surface area contributed by atoms with E-state index in [4.69, 9.17) is 9.47 Å². The Hall–Kier alpha value is -3.39. The second-order valence-corrected chi connectivity index (χ2v) is 7.91. The van der Waals surface area contributed by atoms with E-state index in [2.05, 4.69) is 10.3 Å². The van der Waals surface area contributed by atoms with Gasteiger partial charge in [-0.15, -0.1) is 0 Å². The van der Waals surface area contributed by atoms with Gasteiger partial charge in [-0.1, -0.05) is 18.2 Å². The highest BCUT2D eigenvalue weighted by Crippen LogP contribution is 2.30. The van der Waals surface area contributed by atoms with Crippen molar-refractivity contribution >= 4 is 21.4 Å². The smallest absolute Gasteiger partial charge is 0.255 e. The number of pyridine rings is 1. The van der Waals surface area contributed by atoms with Crippen molar-refractivity contribution in [3.05, 3.63) is 72.4 Å². The number of hydrogen-bond donors (Lipinski definition) is 1. The van der Waals surface area contributed by atoms with Gasteiger partial charge in [-0.2, -0.15) is 0 Å². The quantitative estimate of drug-likeness (QED) is 0.682. The molecule has 144 valence electrons. The molecule has 0 atom stereocenters. The molecule has 1 N–H and O–H groups in total. The van der Waals surface area contributed by atoms with Crippen LogP contribution in [0, 0.1) is 0 Å². The van der Waals surface area contributed by atoms with E-state index >= 15 is 0 Å². The molecule has 0 saturated carbocycles. The molecule has 7 nitrogen and oxygen atoms in total. The number of amides is 1. The summed E-state index contributed by atoms with van der Waals surface area (Å²) in [5.74, 6) is 0.992. The SMILES string of the molecule is COc1ccccc1Oc1ccc(NC(=O)c2cccc(S(C)(=O)=O)c2)cn1. The predicted octanol–water partition coefficient (Wildman–Crippen LogP) is 3.54. The van der Waals surface area contributed by atoms with Crippen LogP contribution in [-0.4, -0.2) is 32.7 Å². The Bertz CT molecular complexity index is 1100. The molecular weight excluding hydrogens is 380 g/mol. The molecule has 0 aliphatic rings. The van der Waals surface area contributed by atoms with Gasteiger partial charge in [-0.05, 0) is 36.4 Å². The van der Waals surface area contributed by atoms with E-state index in [1.807, 2.05) is 12.1 Å². The largest absolute Gasteiger partial charge is 0.493 e. The first-order chi connectivity index (χ1) is 13.4. The van der Waals surface area contributed by atoms with Crippen molar-refractivity contribution in [2.45, 2.75) is 4.90 Å². The summed E-state index contributed by atoms with van der Waals surface area (Å²) in [5.41, 5.74) is 0.680. The zero-order chi connectivity index (χ0) is 20.1. The molecular formula is C20H18N2O5S. The normalized spacial score (nSPS) is 10.9. The van der Waals surface area contributed by atoms with Crippen molar-refractivity contribution in [3.63, 3.8) is 0 Å². The van der Waals surface area contributed by atoms with Crippen LogP contribution in [0.5, 0.6) is 17.4 Å². The fourth-order valence-corrected chi connectivity index (χ4v) is 3.07. The Morgan fingerprint density at radius 3 is 2.39 bits per heavy atom. The first-order valence-corrected chi connectivity index (χ1v) is 10.1. The molecule has 1 aromatic heterocycles. The summed E-state index contributed by atoms with van der Waals surface area (Å²) >= 11 is 0. The molecule has 1 heterocycles. The minimum Gasteiger partial charge on any atom is -0.493 e. The van der Waals surface area contributed by atoms with Crippen LogP contribution in [0.4, 0.5) is 5.69 Å². The summed E-state index contributed by atoms with van der Waals surface area (Å²) in [6, 6.07) is 16.2. The van der Waals surface area contributed by atoms with Gasteiger partial charge in [0.1, 0.15) is 0 Å². The van der Waals surface area contributed by atoms with Gasteiger partial charge in [0.2, 0.25) is 5.88 Å². The van der Waals surface area contributed by atoms with E-state index in [0.29, 0.717) is 23.1 Å². The van der Waals surface area contributed by atoms with E-state index in [-0.39, 0.29) is 10.5 Å². The molecule has 0 aliphatic carbocycles. The maximum Gasteiger partial charge on any atom is 0.255 e. The number of anilines is 1. The van der Waals surface area contributed by atoms with Crippen LogP contribution in [0.3, 0.4) is 0 Å². The number of methoxy groups -OCH3 is 1. The molecule has 0 radical (unpaired) electrons. The number of carbonyl (C=O) groups is 1. The van der Waals surface area contributed by atoms with Crippen molar-refractivity contribution in [2.24, 2.45) is 0 Å². The van der Waals surface area contributed by atoms with E-state index in [9.17, 15) is 13.2 Å². The third kappa shape index (κ3) is 4.66. The highest BCUT2D eigenvalue weighted by atomic mass is 32.2. The molecule has 2 aromatic carbocycles. The summed E-state index contributed by atoms with van der Waals surface area (Å²) in [5, 5.41) is 2.67. The summed E-state index contributed by atoms with van der Waals surface area (Å²) < 4.78 is 34.2.